The van der Waals surface area contributed by atoms with Gasteiger partial charge in [0.05, 0.1) is 5.56 Å². The van der Waals surface area contributed by atoms with Gasteiger partial charge in [-0.25, -0.2) is 9.59 Å². The minimum atomic E-state index is -1.03. The van der Waals surface area contributed by atoms with E-state index < -0.39 is 11.6 Å². The van der Waals surface area contributed by atoms with Gasteiger partial charge in [0.15, 0.2) is 0 Å². The number of carbonyl (C=O) groups excluding carboxylic acids is 2. The molecule has 2 aromatic carbocycles. The van der Waals surface area contributed by atoms with Gasteiger partial charge in [0.1, 0.15) is 5.60 Å². The van der Waals surface area contributed by atoms with Crippen molar-refractivity contribution in [1.29, 1.82) is 0 Å². The smallest absolute Gasteiger partial charge is 0.410 e. The molecule has 1 aromatic heterocycles. The molecule has 0 saturated heterocycles. The lowest BCUT2D eigenvalue weighted by Gasteiger charge is -2.36. The number of rotatable bonds is 3. The SMILES string of the molecule is Cc1c(C(=O)O)c(-c2cc3c(cc2C(=O)N2Cc4ccccc4C[C@H]2C)CN(C(=O)OC(C)(C)C)CC3)cn1C. The van der Waals surface area contributed by atoms with Crippen LogP contribution in [0.15, 0.2) is 42.6 Å². The number of aryl methyl sites for hydroxylation is 1. The molecule has 8 nitrogen and oxygen atoms in total. The zero-order valence-corrected chi connectivity index (χ0v) is 24.1. The minimum absolute atomic E-state index is 0.0269. The van der Waals surface area contributed by atoms with Crippen molar-refractivity contribution in [2.24, 2.45) is 7.05 Å². The van der Waals surface area contributed by atoms with E-state index in [1.165, 1.54) is 5.56 Å². The number of hydrogen-bond donors (Lipinski definition) is 1. The molecule has 2 aliphatic heterocycles. The third-order valence-electron chi connectivity index (χ3n) is 7.99. The number of carbonyl (C=O) groups is 3. The van der Waals surface area contributed by atoms with E-state index in [0.717, 1.165) is 23.1 Å². The van der Waals surface area contributed by atoms with E-state index in [2.05, 4.69) is 12.1 Å². The Kier molecular flexibility index (Phi) is 6.98. The molecule has 210 valence electrons. The first kappa shape index (κ1) is 27.5. The van der Waals surface area contributed by atoms with Crippen LogP contribution in [0.2, 0.25) is 0 Å². The van der Waals surface area contributed by atoms with E-state index in [9.17, 15) is 19.5 Å². The molecule has 3 heterocycles. The van der Waals surface area contributed by atoms with Crippen LogP contribution in [0.4, 0.5) is 4.79 Å². The zero-order chi connectivity index (χ0) is 28.9. The molecule has 0 bridgehead atoms. The van der Waals surface area contributed by atoms with Gasteiger partial charge in [-0.2, -0.15) is 0 Å². The maximum atomic E-state index is 14.3. The van der Waals surface area contributed by atoms with Crippen molar-refractivity contribution in [3.05, 3.63) is 81.7 Å². The summed E-state index contributed by atoms with van der Waals surface area (Å²) in [5.41, 5.74) is 6.02. The molecule has 1 N–H and O–H groups in total. The fraction of sp³-hybridized carbons (Fsp3) is 0.406. The second-order valence-electron chi connectivity index (χ2n) is 12.0. The Bertz CT molecular complexity index is 1510. The Labute approximate surface area is 235 Å². The average molecular weight is 544 g/mol. The topological polar surface area (TPSA) is 92.1 Å². The Morgan fingerprint density at radius 3 is 2.35 bits per heavy atom. The first-order valence-corrected chi connectivity index (χ1v) is 13.7. The van der Waals surface area contributed by atoms with E-state index >= 15 is 0 Å². The highest BCUT2D eigenvalue weighted by molar-refractivity contribution is 6.05. The first-order valence-electron chi connectivity index (χ1n) is 13.7. The van der Waals surface area contributed by atoms with Crippen LogP contribution in [-0.2, 0) is 37.7 Å². The third kappa shape index (κ3) is 5.10. The number of fused-ring (bicyclic) bond motifs is 2. The van der Waals surface area contributed by atoms with Crippen molar-refractivity contribution >= 4 is 18.0 Å². The number of aromatic nitrogens is 1. The van der Waals surface area contributed by atoms with Gasteiger partial charge in [-0.05, 0) is 87.4 Å². The van der Waals surface area contributed by atoms with Crippen LogP contribution in [0.25, 0.3) is 11.1 Å². The Morgan fingerprint density at radius 1 is 0.975 bits per heavy atom. The maximum Gasteiger partial charge on any atom is 0.410 e. The molecule has 0 unspecified atom stereocenters. The molecular formula is C32H37N3O5. The lowest BCUT2D eigenvalue weighted by molar-refractivity contribution is 0.0223. The number of carboxylic acids is 1. The lowest BCUT2D eigenvalue weighted by atomic mass is 9.88. The van der Waals surface area contributed by atoms with E-state index in [1.54, 1.807) is 22.6 Å². The molecule has 3 aromatic rings. The highest BCUT2D eigenvalue weighted by Gasteiger charge is 2.33. The van der Waals surface area contributed by atoms with Crippen molar-refractivity contribution in [1.82, 2.24) is 14.4 Å². The lowest BCUT2D eigenvalue weighted by Crippen LogP contribution is -2.43. The summed E-state index contributed by atoms with van der Waals surface area (Å²) in [6, 6.07) is 12.0. The maximum absolute atomic E-state index is 14.3. The minimum Gasteiger partial charge on any atom is -0.478 e. The van der Waals surface area contributed by atoms with Gasteiger partial charge < -0.3 is 24.2 Å². The van der Waals surface area contributed by atoms with Crippen LogP contribution in [0, 0.1) is 6.92 Å². The van der Waals surface area contributed by atoms with Crippen LogP contribution >= 0.6 is 0 Å². The summed E-state index contributed by atoms with van der Waals surface area (Å²) in [5, 5.41) is 10.1. The summed E-state index contributed by atoms with van der Waals surface area (Å²) >= 11 is 0. The number of aromatic carboxylic acids is 1. The highest BCUT2D eigenvalue weighted by Crippen LogP contribution is 2.36. The summed E-state index contributed by atoms with van der Waals surface area (Å²) in [6.45, 7) is 10.6. The summed E-state index contributed by atoms with van der Waals surface area (Å²) in [6.07, 6.45) is 2.74. The van der Waals surface area contributed by atoms with Crippen molar-refractivity contribution in [2.45, 2.75) is 72.2 Å². The molecule has 40 heavy (non-hydrogen) atoms. The van der Waals surface area contributed by atoms with Crippen LogP contribution in [0.3, 0.4) is 0 Å². The van der Waals surface area contributed by atoms with Gasteiger partial charge in [0.25, 0.3) is 5.91 Å². The summed E-state index contributed by atoms with van der Waals surface area (Å²) in [5.74, 6) is -1.17. The molecule has 0 radical (unpaired) electrons. The average Bonchev–Trinajstić information content (AvgIpc) is 3.19. The molecule has 0 spiro atoms. The number of benzene rings is 2. The van der Waals surface area contributed by atoms with Crippen LogP contribution in [-0.4, -0.2) is 55.6 Å². The monoisotopic (exact) mass is 543 g/mol. The quantitative estimate of drug-likeness (QED) is 0.466. The normalized spacial score (nSPS) is 16.8. The van der Waals surface area contributed by atoms with Crippen molar-refractivity contribution < 1.29 is 24.2 Å². The Hall–Kier alpha value is -4.07. The molecule has 2 amide bonds. The van der Waals surface area contributed by atoms with Gasteiger partial charge in [0, 0.05) is 55.7 Å². The molecule has 0 aliphatic carbocycles. The molecule has 1 atom stereocenters. The number of carboxylic acid groups (broad SMARTS) is 1. The predicted molar refractivity (Wildman–Crippen MR) is 152 cm³/mol. The Balaban J connectivity index is 1.61. The standard InChI is InChI=1S/C32H37N3O5/c1-19-13-21-9-7-8-10-23(21)17-35(19)29(36)26-15-24-16-34(31(39)40-32(3,4)5)12-11-22(24)14-25(26)27-18-33(6)20(2)28(27)30(37)38/h7-10,14-15,18-19H,11-13,16-17H2,1-6H3,(H,37,38)/t19-/m1/s1. The van der Waals surface area contributed by atoms with Crippen molar-refractivity contribution in [3.63, 3.8) is 0 Å². The van der Waals surface area contributed by atoms with Crippen molar-refractivity contribution in [2.75, 3.05) is 6.54 Å². The van der Waals surface area contributed by atoms with Crippen LogP contribution in [0.5, 0.6) is 0 Å². The van der Waals surface area contributed by atoms with Gasteiger partial charge in [-0.15, -0.1) is 0 Å². The third-order valence-corrected chi connectivity index (χ3v) is 7.99. The summed E-state index contributed by atoms with van der Waals surface area (Å²) in [4.78, 5) is 43.1. The van der Waals surface area contributed by atoms with E-state index in [4.69, 9.17) is 4.74 Å². The number of hydrogen-bond acceptors (Lipinski definition) is 4. The van der Waals surface area contributed by atoms with Gasteiger partial charge in [-0.1, -0.05) is 24.3 Å². The van der Waals surface area contributed by atoms with Crippen LogP contribution in [0.1, 0.15) is 76.4 Å². The van der Waals surface area contributed by atoms with E-state index in [1.807, 2.05) is 63.9 Å². The molecule has 0 fully saturated rings. The number of amides is 2. The molecule has 5 rings (SSSR count). The Morgan fingerprint density at radius 2 is 1.68 bits per heavy atom. The second-order valence-corrected chi connectivity index (χ2v) is 12.0. The summed E-state index contributed by atoms with van der Waals surface area (Å²) < 4.78 is 7.40. The van der Waals surface area contributed by atoms with Crippen LogP contribution < -0.4 is 0 Å². The van der Waals surface area contributed by atoms with Gasteiger partial charge in [0.2, 0.25) is 0 Å². The second kappa shape index (κ2) is 10.2. The molecular weight excluding hydrogens is 506 g/mol. The van der Waals surface area contributed by atoms with Gasteiger partial charge >= 0.3 is 12.1 Å². The fourth-order valence-electron chi connectivity index (χ4n) is 5.80. The fourth-order valence-corrected chi connectivity index (χ4v) is 5.80. The largest absolute Gasteiger partial charge is 0.478 e. The van der Waals surface area contributed by atoms with E-state index in [0.29, 0.717) is 48.4 Å². The molecule has 8 heteroatoms. The van der Waals surface area contributed by atoms with E-state index in [-0.39, 0.29) is 23.6 Å². The first-order chi connectivity index (χ1) is 18.8. The predicted octanol–water partition coefficient (Wildman–Crippen LogP) is 5.58. The highest BCUT2D eigenvalue weighted by atomic mass is 16.6. The van der Waals surface area contributed by atoms with Crippen molar-refractivity contribution in [3.8, 4) is 11.1 Å². The molecule has 2 aliphatic rings. The summed E-state index contributed by atoms with van der Waals surface area (Å²) in [7, 11) is 1.81. The van der Waals surface area contributed by atoms with Gasteiger partial charge in [-0.3, -0.25) is 4.79 Å². The molecule has 0 saturated carbocycles. The number of nitrogens with zero attached hydrogens (tertiary/aromatic N) is 3. The number of ether oxygens (including phenoxy) is 1. The zero-order valence-electron chi connectivity index (χ0n) is 24.1.